The Balaban J connectivity index is 1.76. The summed E-state index contributed by atoms with van der Waals surface area (Å²) in [6.45, 7) is 0.178. The van der Waals surface area contributed by atoms with Crippen molar-refractivity contribution in [1.82, 2.24) is 15.1 Å². The predicted molar refractivity (Wildman–Crippen MR) is 101 cm³/mol. The highest BCUT2D eigenvalue weighted by molar-refractivity contribution is 6.35. The molecule has 6 nitrogen and oxygen atoms in total. The average molecular weight is 411 g/mol. The first kappa shape index (κ1) is 19.4. The number of halogens is 3. The fourth-order valence-corrected chi connectivity index (χ4v) is 3.25. The van der Waals surface area contributed by atoms with E-state index in [1.54, 1.807) is 19.2 Å². The maximum Gasteiger partial charge on any atom is 0.287 e. The molecule has 0 saturated carbocycles. The van der Waals surface area contributed by atoms with Crippen LogP contribution in [0.5, 0.6) is 0 Å². The van der Waals surface area contributed by atoms with Gasteiger partial charge in [-0.05, 0) is 35.7 Å². The highest BCUT2D eigenvalue weighted by atomic mass is 35.5. The van der Waals surface area contributed by atoms with E-state index >= 15 is 0 Å². The zero-order valence-corrected chi connectivity index (χ0v) is 15.9. The van der Waals surface area contributed by atoms with Gasteiger partial charge in [0.25, 0.3) is 5.91 Å². The van der Waals surface area contributed by atoms with Crippen LogP contribution < -0.4 is 11.1 Å². The number of hydrogen-bond donors (Lipinski definition) is 2. The molecular weight excluding hydrogens is 394 g/mol. The van der Waals surface area contributed by atoms with Crippen molar-refractivity contribution < 1.29 is 13.6 Å². The van der Waals surface area contributed by atoms with Crippen LogP contribution in [0.4, 0.5) is 4.39 Å². The summed E-state index contributed by atoms with van der Waals surface area (Å²) in [7, 11) is 1.70. The number of nitrogens with one attached hydrogen (secondary N) is 1. The molecule has 1 aromatic carbocycles. The van der Waals surface area contributed by atoms with Crippen molar-refractivity contribution in [3.8, 4) is 11.3 Å². The van der Waals surface area contributed by atoms with Crippen molar-refractivity contribution >= 4 is 29.1 Å². The van der Waals surface area contributed by atoms with Crippen molar-refractivity contribution in [3.05, 3.63) is 63.9 Å². The molecule has 2 heterocycles. The van der Waals surface area contributed by atoms with E-state index in [9.17, 15) is 9.18 Å². The Kier molecular flexibility index (Phi) is 5.84. The van der Waals surface area contributed by atoms with Crippen LogP contribution in [0, 0.1) is 5.82 Å². The van der Waals surface area contributed by atoms with E-state index in [2.05, 4.69) is 10.4 Å². The molecule has 0 bridgehead atoms. The number of nitrogens with two attached hydrogens (primary N) is 1. The maximum absolute atomic E-state index is 13.3. The Bertz CT molecular complexity index is 951. The van der Waals surface area contributed by atoms with Crippen molar-refractivity contribution in [2.75, 3.05) is 6.54 Å². The molecule has 27 heavy (non-hydrogen) atoms. The number of aryl methyl sites for hydroxylation is 1. The number of amides is 1. The number of carbonyl (C=O) groups is 1. The molecule has 142 valence electrons. The zero-order valence-electron chi connectivity index (χ0n) is 14.4. The number of furan rings is 1. The molecular formula is C18H17Cl2FN4O2. The molecule has 0 radical (unpaired) electrons. The third-order valence-electron chi connectivity index (χ3n) is 4.05. The second-order valence-electron chi connectivity index (χ2n) is 6.00. The van der Waals surface area contributed by atoms with Gasteiger partial charge in [0.1, 0.15) is 5.82 Å². The monoisotopic (exact) mass is 410 g/mol. The molecule has 3 N–H and O–H groups in total. The van der Waals surface area contributed by atoms with Crippen molar-refractivity contribution in [1.29, 1.82) is 0 Å². The minimum absolute atomic E-state index is 0.0185. The van der Waals surface area contributed by atoms with Gasteiger partial charge in [-0.2, -0.15) is 5.10 Å². The minimum Gasteiger partial charge on any atom is -0.439 e. The average Bonchev–Trinajstić information content (AvgIpc) is 3.16. The third-order valence-corrected chi connectivity index (χ3v) is 4.61. The first-order valence-corrected chi connectivity index (χ1v) is 8.87. The Morgan fingerprint density at radius 3 is 2.81 bits per heavy atom. The lowest BCUT2D eigenvalue weighted by molar-refractivity contribution is 0.0910. The molecule has 0 unspecified atom stereocenters. The van der Waals surface area contributed by atoms with Crippen molar-refractivity contribution in [2.24, 2.45) is 12.8 Å². The molecule has 0 aliphatic carbocycles. The SMILES string of the molecule is Cn1ncc(Cl)c1-c1cc(C(=O)N[C@H](CN)Cc2cccc(F)c2)oc1Cl. The molecule has 1 amide bonds. The molecule has 9 heteroatoms. The number of carbonyl (C=O) groups excluding carboxylic acids is 1. The maximum atomic E-state index is 13.3. The van der Waals surface area contributed by atoms with Crippen LogP contribution in [0.3, 0.4) is 0 Å². The zero-order chi connectivity index (χ0) is 19.6. The Morgan fingerprint density at radius 2 is 2.19 bits per heavy atom. The summed E-state index contributed by atoms with van der Waals surface area (Å²) < 4.78 is 20.2. The minimum atomic E-state index is -0.478. The second kappa shape index (κ2) is 8.12. The van der Waals surface area contributed by atoms with Gasteiger partial charge in [0.2, 0.25) is 5.22 Å². The predicted octanol–water partition coefficient (Wildman–Crippen LogP) is 3.43. The van der Waals surface area contributed by atoms with Gasteiger partial charge < -0.3 is 15.5 Å². The molecule has 1 atom stereocenters. The van der Waals surface area contributed by atoms with Crippen LogP contribution >= 0.6 is 23.2 Å². The Hall–Kier alpha value is -2.35. The summed E-state index contributed by atoms with van der Waals surface area (Å²) in [4.78, 5) is 12.5. The summed E-state index contributed by atoms with van der Waals surface area (Å²) in [5, 5.41) is 7.23. The number of nitrogens with zero attached hydrogens (tertiary/aromatic N) is 2. The van der Waals surface area contributed by atoms with E-state index in [1.807, 2.05) is 0 Å². The van der Waals surface area contributed by atoms with Crippen LogP contribution in [-0.4, -0.2) is 28.3 Å². The van der Waals surface area contributed by atoms with E-state index in [0.717, 1.165) is 5.56 Å². The van der Waals surface area contributed by atoms with E-state index in [0.29, 0.717) is 22.7 Å². The van der Waals surface area contributed by atoms with Crippen LogP contribution in [-0.2, 0) is 13.5 Å². The second-order valence-corrected chi connectivity index (χ2v) is 6.75. The first-order chi connectivity index (χ1) is 12.9. The van der Waals surface area contributed by atoms with E-state index in [1.165, 1.54) is 29.1 Å². The molecule has 3 rings (SSSR count). The first-order valence-electron chi connectivity index (χ1n) is 8.11. The Labute approximate surface area is 165 Å². The molecule has 0 fully saturated rings. The summed E-state index contributed by atoms with van der Waals surface area (Å²) in [6, 6.07) is 7.24. The lowest BCUT2D eigenvalue weighted by Gasteiger charge is -2.16. The molecule has 0 spiro atoms. The number of rotatable bonds is 6. The standard InChI is InChI=1S/C18H17Cl2FN4O2/c1-25-16(14(19)9-23-25)13-7-15(27-17(13)20)18(26)24-12(8-22)6-10-3-2-4-11(21)5-10/h2-5,7,9,12H,6,8,22H2,1H3,(H,24,26)/t12-/m0/s1. The summed E-state index contributed by atoms with van der Waals surface area (Å²) in [6.07, 6.45) is 1.86. The number of aromatic nitrogens is 2. The fraction of sp³-hybridized carbons (Fsp3) is 0.222. The smallest absolute Gasteiger partial charge is 0.287 e. The molecule has 0 aliphatic rings. The topological polar surface area (TPSA) is 86.1 Å². The number of hydrogen-bond acceptors (Lipinski definition) is 4. The van der Waals surface area contributed by atoms with Crippen molar-refractivity contribution in [2.45, 2.75) is 12.5 Å². The van der Waals surface area contributed by atoms with Gasteiger partial charge in [0, 0.05) is 25.7 Å². The normalized spacial score (nSPS) is 12.2. The summed E-state index contributed by atoms with van der Waals surface area (Å²) in [5.41, 5.74) is 7.47. The van der Waals surface area contributed by atoms with E-state index in [4.69, 9.17) is 33.4 Å². The lowest BCUT2D eigenvalue weighted by atomic mass is 10.1. The largest absolute Gasteiger partial charge is 0.439 e. The molecule has 0 aliphatic heterocycles. The van der Waals surface area contributed by atoms with Crippen LogP contribution in [0.1, 0.15) is 16.1 Å². The number of benzene rings is 1. The van der Waals surface area contributed by atoms with Gasteiger partial charge in [-0.25, -0.2) is 4.39 Å². The lowest BCUT2D eigenvalue weighted by Crippen LogP contribution is -2.41. The van der Waals surface area contributed by atoms with E-state index < -0.39 is 11.9 Å². The third kappa shape index (κ3) is 4.32. The van der Waals surface area contributed by atoms with Crippen molar-refractivity contribution in [3.63, 3.8) is 0 Å². The van der Waals surface area contributed by atoms with Gasteiger partial charge in [-0.15, -0.1) is 0 Å². The van der Waals surface area contributed by atoms with Gasteiger partial charge in [0.15, 0.2) is 5.76 Å². The fourth-order valence-electron chi connectivity index (χ4n) is 2.75. The molecule has 2 aromatic heterocycles. The highest BCUT2D eigenvalue weighted by Gasteiger charge is 2.22. The van der Waals surface area contributed by atoms with Gasteiger partial charge in [0.05, 0.1) is 22.5 Å². The van der Waals surface area contributed by atoms with E-state index in [-0.39, 0.29) is 23.3 Å². The van der Waals surface area contributed by atoms with Gasteiger partial charge in [-0.1, -0.05) is 23.7 Å². The molecule has 0 saturated heterocycles. The van der Waals surface area contributed by atoms with Gasteiger partial charge in [-0.3, -0.25) is 9.48 Å². The van der Waals surface area contributed by atoms with Crippen LogP contribution in [0.15, 0.2) is 40.9 Å². The highest BCUT2D eigenvalue weighted by Crippen LogP contribution is 2.35. The van der Waals surface area contributed by atoms with Crippen LogP contribution in [0.25, 0.3) is 11.3 Å². The molecule has 3 aromatic rings. The van der Waals surface area contributed by atoms with Gasteiger partial charge >= 0.3 is 0 Å². The Morgan fingerprint density at radius 1 is 1.41 bits per heavy atom. The summed E-state index contributed by atoms with van der Waals surface area (Å²) in [5.74, 6) is -0.802. The quantitative estimate of drug-likeness (QED) is 0.651. The van der Waals surface area contributed by atoms with Crippen LogP contribution in [0.2, 0.25) is 10.2 Å². The summed E-state index contributed by atoms with van der Waals surface area (Å²) >= 11 is 12.2.